The topological polar surface area (TPSA) is 66.0 Å². The van der Waals surface area contributed by atoms with E-state index in [2.05, 4.69) is 9.74 Å². The van der Waals surface area contributed by atoms with E-state index < -0.39 is 0 Å². The van der Waals surface area contributed by atoms with Crippen LogP contribution in [0.5, 0.6) is 0 Å². The van der Waals surface area contributed by atoms with Crippen molar-refractivity contribution in [2.45, 2.75) is 0 Å². The zero-order chi connectivity index (χ0) is 14.5. The average Bonchev–Trinajstić information content (AvgIpc) is 2.93. The van der Waals surface area contributed by atoms with Crippen LogP contribution < -0.4 is 0 Å². The second-order valence-electron chi connectivity index (χ2n) is 4.58. The van der Waals surface area contributed by atoms with Gasteiger partial charge < -0.3 is 14.2 Å². The van der Waals surface area contributed by atoms with Crippen LogP contribution in [-0.2, 0) is 9.63 Å². The zero-order valence-electron chi connectivity index (χ0n) is 11.6. The lowest BCUT2D eigenvalue weighted by Crippen LogP contribution is -2.46. The molecule has 0 aliphatic carbocycles. The van der Waals surface area contributed by atoms with Gasteiger partial charge in [0.15, 0.2) is 7.11 Å². The predicted octanol–water partition coefficient (Wildman–Crippen LogP) is 1.04. The molecule has 1 amide bonds. The lowest BCUT2D eigenvalue weighted by molar-refractivity contribution is -0.744. The molecule has 1 aromatic rings. The highest BCUT2D eigenvalue weighted by Crippen LogP contribution is 2.17. The number of likely N-dealkylation sites (N-methyl/N-ethyl adjacent to an activating group) is 1. The number of hydrogen-bond acceptors (Lipinski definition) is 5. The van der Waals surface area contributed by atoms with E-state index in [1.165, 1.54) is 19.3 Å². The van der Waals surface area contributed by atoms with E-state index in [1.807, 2.05) is 7.05 Å². The van der Waals surface area contributed by atoms with Gasteiger partial charge in [-0.25, -0.2) is 4.84 Å². The number of carbonyl (C=O) groups excluding carboxylic acids is 1. The first kappa shape index (κ1) is 14.3. The molecule has 1 saturated heterocycles. The molecule has 0 atom stereocenters. The highest BCUT2D eigenvalue weighted by molar-refractivity contribution is 5.91. The maximum Gasteiger partial charge on any atom is 0.480 e. The van der Waals surface area contributed by atoms with E-state index >= 15 is 0 Å². The molecular formula is C13H18N3O4+. The Morgan fingerprint density at radius 3 is 2.70 bits per heavy atom. The van der Waals surface area contributed by atoms with E-state index in [1.54, 1.807) is 17.0 Å². The van der Waals surface area contributed by atoms with Crippen LogP contribution in [0.2, 0.25) is 0 Å². The summed E-state index contributed by atoms with van der Waals surface area (Å²) in [6, 6.07) is 3.09. The molecular weight excluding hydrogens is 262 g/mol. The Kier molecular flexibility index (Phi) is 4.52. The number of rotatable bonds is 4. The molecule has 20 heavy (non-hydrogen) atoms. The molecule has 0 radical (unpaired) electrons. The molecule has 0 unspecified atom stereocenters. The smallest absolute Gasteiger partial charge is 0.398 e. The van der Waals surface area contributed by atoms with Gasteiger partial charge in [0, 0.05) is 32.3 Å². The van der Waals surface area contributed by atoms with E-state index in [-0.39, 0.29) is 16.7 Å². The summed E-state index contributed by atoms with van der Waals surface area (Å²) in [6.45, 7) is 3.20. The van der Waals surface area contributed by atoms with Crippen LogP contribution in [0.4, 0.5) is 5.88 Å². The van der Waals surface area contributed by atoms with Crippen LogP contribution >= 0.6 is 0 Å². The maximum absolute atomic E-state index is 12.0. The van der Waals surface area contributed by atoms with Crippen molar-refractivity contribution in [1.29, 1.82) is 0 Å². The lowest BCUT2D eigenvalue weighted by Gasteiger charge is -2.31. The molecule has 0 aromatic carbocycles. The van der Waals surface area contributed by atoms with Crippen LogP contribution in [0.3, 0.4) is 0 Å². The molecule has 2 rings (SSSR count). The number of amides is 1. The zero-order valence-corrected chi connectivity index (χ0v) is 11.6. The summed E-state index contributed by atoms with van der Waals surface area (Å²) in [6.07, 6.45) is 3.00. The first-order valence-electron chi connectivity index (χ1n) is 6.37. The standard InChI is InChI=1S/C13H18N3O4/c1-14-7-9-15(10-8-14)12(17)5-3-11-4-6-13(20-11)16(18)19-2/h3-6H,7-10H2,1-2H3/q+1/b5-3+. The Labute approximate surface area is 116 Å². The molecule has 1 aromatic heterocycles. The summed E-state index contributed by atoms with van der Waals surface area (Å²) in [5.74, 6) is 0.418. The van der Waals surface area contributed by atoms with Gasteiger partial charge in [0.25, 0.3) is 4.92 Å². The van der Waals surface area contributed by atoms with Crippen molar-refractivity contribution in [2.24, 2.45) is 0 Å². The fourth-order valence-corrected chi connectivity index (χ4v) is 1.91. The van der Waals surface area contributed by atoms with Gasteiger partial charge in [0.1, 0.15) is 5.76 Å². The number of carbonyl (C=O) groups is 1. The van der Waals surface area contributed by atoms with E-state index in [9.17, 15) is 9.70 Å². The molecule has 7 heteroatoms. The normalized spacial score (nSPS) is 16.6. The first-order chi connectivity index (χ1) is 9.60. The van der Waals surface area contributed by atoms with Gasteiger partial charge in [0.05, 0.1) is 11.0 Å². The molecule has 1 aliphatic rings. The van der Waals surface area contributed by atoms with Crippen molar-refractivity contribution in [3.63, 3.8) is 0 Å². The van der Waals surface area contributed by atoms with Crippen molar-refractivity contribution < 1.29 is 19.0 Å². The third-order valence-corrected chi connectivity index (χ3v) is 3.16. The van der Waals surface area contributed by atoms with Crippen LogP contribution in [-0.4, -0.2) is 61.0 Å². The summed E-state index contributed by atoms with van der Waals surface area (Å²) in [5, 5.41) is 0. The Bertz CT molecular complexity index is 515. The minimum atomic E-state index is -0.0539. The van der Waals surface area contributed by atoms with Crippen LogP contribution in [0.1, 0.15) is 5.76 Å². The number of hydrogen-bond donors (Lipinski definition) is 0. The monoisotopic (exact) mass is 280 g/mol. The highest BCUT2D eigenvalue weighted by Gasteiger charge is 2.20. The Morgan fingerprint density at radius 1 is 1.35 bits per heavy atom. The molecule has 108 valence electrons. The average molecular weight is 280 g/mol. The third kappa shape index (κ3) is 3.45. The summed E-state index contributed by atoms with van der Waals surface area (Å²) in [4.78, 5) is 31.8. The predicted molar refractivity (Wildman–Crippen MR) is 72.1 cm³/mol. The fourth-order valence-electron chi connectivity index (χ4n) is 1.91. The lowest BCUT2D eigenvalue weighted by atomic mass is 10.3. The van der Waals surface area contributed by atoms with Gasteiger partial charge in [-0.2, -0.15) is 0 Å². The van der Waals surface area contributed by atoms with Crippen molar-refractivity contribution in [3.8, 4) is 0 Å². The second kappa shape index (κ2) is 6.33. The summed E-state index contributed by atoms with van der Waals surface area (Å²) in [7, 11) is 3.29. The number of furan rings is 1. The van der Waals surface area contributed by atoms with E-state index in [0.717, 1.165) is 26.2 Å². The minimum Gasteiger partial charge on any atom is -0.398 e. The second-order valence-corrected chi connectivity index (χ2v) is 4.58. The van der Waals surface area contributed by atoms with E-state index in [4.69, 9.17) is 4.42 Å². The van der Waals surface area contributed by atoms with Crippen LogP contribution in [0.25, 0.3) is 6.08 Å². The van der Waals surface area contributed by atoms with Gasteiger partial charge in [-0.05, 0) is 19.2 Å². The van der Waals surface area contributed by atoms with Gasteiger partial charge in [-0.15, -0.1) is 0 Å². The fraction of sp³-hybridized carbons (Fsp3) is 0.462. The largest absolute Gasteiger partial charge is 0.480 e. The minimum absolute atomic E-state index is 0.0409. The van der Waals surface area contributed by atoms with Gasteiger partial charge in [-0.1, -0.05) is 0 Å². The molecule has 2 heterocycles. The molecule has 0 saturated carbocycles. The summed E-state index contributed by atoms with van der Waals surface area (Å²) >= 11 is 0. The molecule has 0 N–H and O–H groups in total. The summed E-state index contributed by atoms with van der Waals surface area (Å²) < 4.78 is 5.21. The highest BCUT2D eigenvalue weighted by atomic mass is 16.8. The first-order valence-corrected chi connectivity index (χ1v) is 6.37. The van der Waals surface area contributed by atoms with Crippen molar-refractivity contribution in [1.82, 2.24) is 9.80 Å². The molecule has 1 aliphatic heterocycles. The summed E-state index contributed by atoms with van der Waals surface area (Å²) in [5.41, 5.74) is 0. The number of nitrogens with zero attached hydrogens (tertiary/aromatic N) is 3. The van der Waals surface area contributed by atoms with Crippen molar-refractivity contribution >= 4 is 17.9 Å². The van der Waals surface area contributed by atoms with Crippen LogP contribution in [0.15, 0.2) is 22.6 Å². The molecule has 1 fully saturated rings. The Morgan fingerprint density at radius 2 is 2.05 bits per heavy atom. The molecule has 0 spiro atoms. The maximum atomic E-state index is 12.0. The number of piperazine rings is 1. The van der Waals surface area contributed by atoms with E-state index in [0.29, 0.717) is 5.76 Å². The quantitative estimate of drug-likeness (QED) is 0.609. The van der Waals surface area contributed by atoms with Gasteiger partial charge in [0.2, 0.25) is 5.91 Å². The Balaban J connectivity index is 1.93. The molecule has 7 nitrogen and oxygen atoms in total. The van der Waals surface area contributed by atoms with Crippen LogP contribution in [0, 0.1) is 4.91 Å². The van der Waals surface area contributed by atoms with Crippen molar-refractivity contribution in [2.75, 3.05) is 40.3 Å². The van der Waals surface area contributed by atoms with Crippen molar-refractivity contribution in [3.05, 3.63) is 28.9 Å². The molecule has 0 bridgehead atoms. The SMILES string of the molecule is CO[N+](=O)c1ccc(/C=C/C(=O)N2CCN(C)CC2)o1. The third-order valence-electron chi connectivity index (χ3n) is 3.16. The Hall–Kier alpha value is -2.15. The van der Waals surface area contributed by atoms with Gasteiger partial charge in [-0.3, -0.25) is 4.79 Å². The van der Waals surface area contributed by atoms with Gasteiger partial charge >= 0.3 is 5.88 Å².